The Hall–Kier alpha value is -4.20. The molecule has 1 fully saturated rings. The van der Waals surface area contributed by atoms with Gasteiger partial charge in [-0.3, -0.25) is 14.2 Å². The Balaban J connectivity index is 1.43. The molecule has 5 rings (SSSR count). The van der Waals surface area contributed by atoms with Crippen LogP contribution in [0.15, 0.2) is 77.7 Å². The molecule has 1 N–H and O–H groups in total. The molecule has 1 aliphatic rings. The largest absolute Gasteiger partial charge is 0.497 e. The highest BCUT2D eigenvalue weighted by Crippen LogP contribution is 2.24. The second-order valence-corrected chi connectivity index (χ2v) is 8.66. The van der Waals surface area contributed by atoms with Crippen molar-refractivity contribution in [2.45, 2.75) is 19.4 Å². The van der Waals surface area contributed by atoms with Crippen molar-refractivity contribution >= 4 is 28.6 Å². The lowest BCUT2D eigenvalue weighted by Gasteiger charge is -2.32. The lowest BCUT2D eigenvalue weighted by atomic mass is 9.97. The summed E-state index contributed by atoms with van der Waals surface area (Å²) in [6.45, 7) is 1.49. The molecule has 0 radical (unpaired) electrons. The Labute approximate surface area is 203 Å². The molecule has 1 saturated heterocycles. The van der Waals surface area contributed by atoms with E-state index in [9.17, 15) is 9.59 Å². The van der Waals surface area contributed by atoms with Crippen LogP contribution in [0.2, 0.25) is 0 Å². The third-order valence-corrected chi connectivity index (χ3v) is 6.30. The van der Waals surface area contributed by atoms with Crippen molar-refractivity contribution in [1.29, 1.82) is 0 Å². The third kappa shape index (κ3) is 4.87. The van der Waals surface area contributed by atoms with Crippen LogP contribution in [0, 0.1) is 5.92 Å². The Bertz CT molecular complexity index is 1400. The molecule has 178 valence electrons. The van der Waals surface area contributed by atoms with E-state index in [2.05, 4.69) is 15.3 Å². The number of nitrogens with zero attached hydrogens (tertiary/aromatic N) is 4. The number of pyridine rings is 1. The topological polar surface area (TPSA) is 89.3 Å². The molecule has 0 saturated carbocycles. The smallest absolute Gasteiger partial charge is 0.295 e. The summed E-state index contributed by atoms with van der Waals surface area (Å²) in [6, 6.07) is 20.8. The summed E-state index contributed by atoms with van der Waals surface area (Å²) >= 11 is 0. The highest BCUT2D eigenvalue weighted by atomic mass is 16.5. The quantitative estimate of drug-likeness (QED) is 0.463. The zero-order valence-electron chi connectivity index (χ0n) is 19.6. The number of ether oxygens (including phenoxy) is 1. The summed E-state index contributed by atoms with van der Waals surface area (Å²) in [7, 11) is 1.59. The highest BCUT2D eigenvalue weighted by Gasteiger charge is 2.29. The summed E-state index contributed by atoms with van der Waals surface area (Å²) in [5.41, 5.74) is 2.70. The molecule has 35 heavy (non-hydrogen) atoms. The molecular formula is C27H27N5O3. The first-order valence-corrected chi connectivity index (χ1v) is 11.7. The number of anilines is 2. The van der Waals surface area contributed by atoms with Gasteiger partial charge in [0.15, 0.2) is 11.5 Å². The fourth-order valence-electron chi connectivity index (χ4n) is 4.51. The van der Waals surface area contributed by atoms with Crippen LogP contribution in [0.3, 0.4) is 0 Å². The molecule has 0 bridgehead atoms. The van der Waals surface area contributed by atoms with E-state index >= 15 is 0 Å². The number of hydrogen-bond donors (Lipinski definition) is 1. The number of hydrogen-bond acceptors (Lipinski definition) is 6. The second-order valence-electron chi connectivity index (χ2n) is 8.66. The lowest BCUT2D eigenvalue weighted by Crippen LogP contribution is -2.44. The zero-order chi connectivity index (χ0) is 24.2. The van der Waals surface area contributed by atoms with Crippen LogP contribution < -0.4 is 20.5 Å². The van der Waals surface area contributed by atoms with Gasteiger partial charge in [-0.25, -0.2) is 9.97 Å². The molecule has 1 atom stereocenters. The van der Waals surface area contributed by atoms with Gasteiger partial charge in [-0.1, -0.05) is 36.4 Å². The first kappa shape index (κ1) is 22.6. The molecule has 8 heteroatoms. The summed E-state index contributed by atoms with van der Waals surface area (Å²) in [5.74, 6) is 0.708. The summed E-state index contributed by atoms with van der Waals surface area (Å²) in [4.78, 5) is 37.7. The number of aromatic nitrogens is 3. The van der Waals surface area contributed by atoms with Crippen molar-refractivity contribution in [3.05, 3.63) is 88.8 Å². The Morgan fingerprint density at radius 3 is 2.80 bits per heavy atom. The second kappa shape index (κ2) is 9.97. The number of amides is 1. The molecule has 1 aliphatic heterocycles. The van der Waals surface area contributed by atoms with Crippen molar-refractivity contribution in [1.82, 2.24) is 14.5 Å². The van der Waals surface area contributed by atoms with Gasteiger partial charge in [0.1, 0.15) is 11.3 Å². The molecular weight excluding hydrogens is 442 g/mol. The van der Waals surface area contributed by atoms with Crippen molar-refractivity contribution < 1.29 is 9.53 Å². The van der Waals surface area contributed by atoms with Crippen LogP contribution in [0.25, 0.3) is 11.2 Å². The average Bonchev–Trinajstić information content (AvgIpc) is 2.91. The van der Waals surface area contributed by atoms with Gasteiger partial charge in [0.2, 0.25) is 5.91 Å². The van der Waals surface area contributed by atoms with Crippen LogP contribution >= 0.6 is 0 Å². The number of carbonyl (C=O) groups is 1. The molecule has 2 aromatic carbocycles. The van der Waals surface area contributed by atoms with E-state index in [1.54, 1.807) is 23.9 Å². The molecule has 0 unspecified atom stereocenters. The Morgan fingerprint density at radius 2 is 1.97 bits per heavy atom. The van der Waals surface area contributed by atoms with E-state index in [1.807, 2.05) is 65.6 Å². The molecule has 0 aliphatic carbocycles. The summed E-state index contributed by atoms with van der Waals surface area (Å²) < 4.78 is 6.92. The highest BCUT2D eigenvalue weighted by molar-refractivity contribution is 5.93. The minimum atomic E-state index is -0.261. The fourth-order valence-corrected chi connectivity index (χ4v) is 4.51. The van der Waals surface area contributed by atoms with Crippen molar-refractivity contribution in [3.8, 4) is 5.75 Å². The van der Waals surface area contributed by atoms with Crippen LogP contribution in [0.1, 0.15) is 18.4 Å². The van der Waals surface area contributed by atoms with Crippen LogP contribution in [-0.4, -0.2) is 40.6 Å². The van der Waals surface area contributed by atoms with Crippen molar-refractivity contribution in [2.75, 3.05) is 30.4 Å². The standard InChI is InChI=1S/C27H27N5O3/c1-35-22-12-5-11-21(16-22)29-26(33)20-10-7-15-31(18-20)25-27(34)32(17-19-8-3-2-4-9-19)24-23(30-25)13-6-14-28-24/h2-6,8-9,11-14,16,20H,7,10,15,17-18H2,1H3,(H,29,33)/t20-/m0/s1. The van der Waals surface area contributed by atoms with Crippen LogP contribution in [-0.2, 0) is 11.3 Å². The Morgan fingerprint density at radius 1 is 1.11 bits per heavy atom. The number of rotatable bonds is 6. The SMILES string of the molecule is COc1cccc(NC(=O)[C@H]2CCCN(c3nc4cccnc4n(Cc4ccccc4)c3=O)C2)c1. The average molecular weight is 470 g/mol. The van der Waals surface area contributed by atoms with Crippen molar-refractivity contribution in [3.63, 3.8) is 0 Å². The first-order chi connectivity index (χ1) is 17.1. The minimum absolute atomic E-state index is 0.0741. The van der Waals surface area contributed by atoms with Crippen molar-refractivity contribution in [2.24, 2.45) is 5.92 Å². The Kier molecular flexibility index (Phi) is 6.43. The number of methoxy groups -OCH3 is 1. The summed E-state index contributed by atoms with van der Waals surface area (Å²) in [6.07, 6.45) is 3.21. The number of nitrogens with one attached hydrogen (secondary N) is 1. The van der Waals surface area contributed by atoms with Gasteiger partial charge in [-0.2, -0.15) is 0 Å². The third-order valence-electron chi connectivity index (χ3n) is 6.30. The number of fused-ring (bicyclic) bond motifs is 1. The van der Waals surface area contributed by atoms with Gasteiger partial charge in [-0.05, 0) is 42.7 Å². The van der Waals surface area contributed by atoms with E-state index in [4.69, 9.17) is 4.74 Å². The van der Waals surface area contributed by atoms with E-state index < -0.39 is 0 Å². The van der Waals surface area contributed by atoms with Gasteiger partial charge in [-0.15, -0.1) is 0 Å². The number of carbonyl (C=O) groups excluding carboxylic acids is 1. The van der Waals surface area contributed by atoms with Gasteiger partial charge in [0, 0.05) is 31.0 Å². The summed E-state index contributed by atoms with van der Waals surface area (Å²) in [5, 5.41) is 2.99. The van der Waals surface area contributed by atoms with Gasteiger partial charge < -0.3 is 15.0 Å². The molecule has 1 amide bonds. The maximum Gasteiger partial charge on any atom is 0.295 e. The van der Waals surface area contributed by atoms with Crippen LogP contribution in [0.5, 0.6) is 5.75 Å². The fraction of sp³-hybridized carbons (Fsp3) is 0.259. The number of piperidine rings is 1. The monoisotopic (exact) mass is 469 g/mol. The maximum absolute atomic E-state index is 13.6. The van der Waals surface area contributed by atoms with E-state index in [0.29, 0.717) is 48.1 Å². The molecule has 8 nitrogen and oxygen atoms in total. The minimum Gasteiger partial charge on any atom is -0.497 e. The van der Waals surface area contributed by atoms with Gasteiger partial charge in [0.05, 0.1) is 19.6 Å². The van der Waals surface area contributed by atoms with Crippen LogP contribution in [0.4, 0.5) is 11.5 Å². The molecule has 3 heterocycles. The zero-order valence-corrected chi connectivity index (χ0v) is 19.6. The van der Waals surface area contributed by atoms with E-state index in [1.165, 1.54) is 0 Å². The normalized spacial score (nSPS) is 15.7. The van der Waals surface area contributed by atoms with E-state index in [0.717, 1.165) is 18.4 Å². The molecule has 0 spiro atoms. The van der Waals surface area contributed by atoms with Gasteiger partial charge >= 0.3 is 0 Å². The predicted octanol–water partition coefficient (Wildman–Crippen LogP) is 3.70. The molecule has 2 aromatic heterocycles. The maximum atomic E-state index is 13.6. The van der Waals surface area contributed by atoms with Gasteiger partial charge in [0.25, 0.3) is 5.56 Å². The van der Waals surface area contributed by atoms with E-state index in [-0.39, 0.29) is 17.4 Å². The first-order valence-electron chi connectivity index (χ1n) is 11.7. The predicted molar refractivity (Wildman–Crippen MR) is 136 cm³/mol. The lowest BCUT2D eigenvalue weighted by molar-refractivity contribution is -0.120. The molecule has 4 aromatic rings. The number of benzene rings is 2.